The predicted octanol–water partition coefficient (Wildman–Crippen LogP) is 6.07. The highest BCUT2D eigenvalue weighted by molar-refractivity contribution is 7.43. The number of hydrogen-bond donors (Lipinski definition) is 0. The molecule has 0 radical (unpaired) electrons. The van der Waals surface area contributed by atoms with Crippen molar-refractivity contribution in [3.05, 3.63) is 131 Å². The minimum atomic E-state index is -0.133. The molecule has 1 amide bonds. The Balaban J connectivity index is 1.43. The van der Waals surface area contributed by atoms with Gasteiger partial charge in [-0.05, 0) is 65.1 Å². The molecule has 2 atom stereocenters. The van der Waals surface area contributed by atoms with Crippen molar-refractivity contribution in [2.75, 3.05) is 11.4 Å². The van der Waals surface area contributed by atoms with Crippen LogP contribution in [0.1, 0.15) is 11.1 Å². The molecule has 0 N–H and O–H groups in total. The van der Waals surface area contributed by atoms with E-state index in [0.717, 1.165) is 50.7 Å². The monoisotopic (exact) mass is 513 g/mol. The fourth-order valence-electron chi connectivity index (χ4n) is 5.61. The summed E-state index contributed by atoms with van der Waals surface area (Å²) >= 11 is 0. The number of carbonyl (C=O) groups is 1. The minimum Gasteiger partial charge on any atom is -0.308 e. The smallest absolute Gasteiger partial charge is 0.255 e. The van der Waals surface area contributed by atoms with Gasteiger partial charge in [-0.15, -0.1) is 0 Å². The molecule has 2 unspecified atom stereocenters. The van der Waals surface area contributed by atoms with Crippen molar-refractivity contribution >= 4 is 47.6 Å². The Morgan fingerprint density at radius 2 is 2.03 bits per heavy atom. The third-order valence-corrected chi connectivity index (χ3v) is 8.88. The summed E-state index contributed by atoms with van der Waals surface area (Å²) < 4.78 is 1.75. The molecule has 0 bridgehead atoms. The summed E-state index contributed by atoms with van der Waals surface area (Å²) in [5, 5.41) is 1.80. The molecule has 4 heterocycles. The number of anilines is 1. The first-order valence-electron chi connectivity index (χ1n) is 12.7. The fraction of sp³-hybridized carbons (Fsp3) is 0.0938. The van der Waals surface area contributed by atoms with E-state index in [2.05, 4.69) is 54.9 Å². The van der Waals surface area contributed by atoms with Crippen LogP contribution in [0.3, 0.4) is 0 Å². The molecule has 2 aromatic heterocycles. The normalized spacial score (nSPS) is 18.4. The van der Waals surface area contributed by atoms with E-state index >= 15 is 0 Å². The van der Waals surface area contributed by atoms with Crippen LogP contribution in [0.5, 0.6) is 0 Å². The SMILES string of the molecule is C=CC(=O)N1CCc2ccc(-n3c(=O)ccc4cnc5ccc(C6=CPC7C=CC=CC7=C6)cc5c43)cc21. The molecule has 0 saturated heterocycles. The summed E-state index contributed by atoms with van der Waals surface area (Å²) in [4.78, 5) is 32.3. The maximum absolute atomic E-state index is 13.4. The first kappa shape index (κ1) is 22.8. The standard InChI is InChI=1S/C32H24N3O2P/c1-2-30(36)34-14-13-20-7-10-25(17-28(20)34)35-31(37)12-9-23-18-33-27-11-8-21(16-26(27)32(23)35)24-15-22-5-3-4-6-29(22)38-19-24/h2-12,15-19,29,38H,1,13-14H2. The fourth-order valence-corrected chi connectivity index (χ4v) is 6.81. The molecule has 2 aliphatic heterocycles. The number of rotatable bonds is 3. The van der Waals surface area contributed by atoms with Gasteiger partial charge in [-0.25, -0.2) is 0 Å². The second-order valence-electron chi connectivity index (χ2n) is 9.69. The van der Waals surface area contributed by atoms with Crippen LogP contribution in [-0.4, -0.2) is 27.7 Å². The molecule has 5 nitrogen and oxygen atoms in total. The largest absolute Gasteiger partial charge is 0.308 e. The van der Waals surface area contributed by atoms with Gasteiger partial charge in [0.05, 0.1) is 16.7 Å². The summed E-state index contributed by atoms with van der Waals surface area (Å²) in [6, 6.07) is 15.6. The van der Waals surface area contributed by atoms with Crippen LogP contribution in [0.4, 0.5) is 5.69 Å². The van der Waals surface area contributed by atoms with Crippen LogP contribution in [0.2, 0.25) is 0 Å². The number of allylic oxidation sites excluding steroid dienone is 7. The molecule has 0 saturated carbocycles. The number of pyridine rings is 2. The van der Waals surface area contributed by atoms with E-state index < -0.39 is 0 Å². The number of amides is 1. The second-order valence-corrected chi connectivity index (χ2v) is 10.9. The van der Waals surface area contributed by atoms with Gasteiger partial charge < -0.3 is 4.90 Å². The lowest BCUT2D eigenvalue weighted by atomic mass is 9.98. The second kappa shape index (κ2) is 8.90. The van der Waals surface area contributed by atoms with E-state index in [-0.39, 0.29) is 11.5 Å². The van der Waals surface area contributed by atoms with E-state index in [9.17, 15) is 9.59 Å². The quantitative estimate of drug-likeness (QED) is 0.190. The maximum Gasteiger partial charge on any atom is 0.255 e. The average molecular weight is 514 g/mol. The van der Waals surface area contributed by atoms with Gasteiger partial charge in [-0.3, -0.25) is 19.1 Å². The van der Waals surface area contributed by atoms with Gasteiger partial charge in [0.15, 0.2) is 0 Å². The van der Waals surface area contributed by atoms with Crippen molar-refractivity contribution in [1.29, 1.82) is 0 Å². The summed E-state index contributed by atoms with van der Waals surface area (Å²) in [5.74, 6) is 2.18. The molecule has 3 aliphatic rings. The van der Waals surface area contributed by atoms with Crippen LogP contribution >= 0.6 is 8.58 Å². The zero-order valence-corrected chi connectivity index (χ0v) is 21.6. The predicted molar refractivity (Wildman–Crippen MR) is 158 cm³/mol. The molecule has 0 spiro atoms. The average Bonchev–Trinajstić information content (AvgIpc) is 3.39. The molecular formula is C32H24N3O2P. The molecule has 6 heteroatoms. The van der Waals surface area contributed by atoms with Gasteiger partial charge in [-0.2, -0.15) is 0 Å². The first-order chi connectivity index (χ1) is 18.6. The Morgan fingerprint density at radius 3 is 2.92 bits per heavy atom. The molecule has 0 fully saturated rings. The zero-order valence-electron chi connectivity index (χ0n) is 20.6. The Bertz CT molecular complexity index is 1880. The molecule has 1 aliphatic carbocycles. The van der Waals surface area contributed by atoms with E-state index in [1.54, 1.807) is 15.5 Å². The first-order valence-corrected chi connectivity index (χ1v) is 13.8. The molecule has 38 heavy (non-hydrogen) atoms. The number of nitrogens with zero attached hydrogens (tertiary/aromatic N) is 3. The van der Waals surface area contributed by atoms with Crippen LogP contribution < -0.4 is 10.5 Å². The number of fused-ring (bicyclic) bond motifs is 5. The lowest BCUT2D eigenvalue weighted by Gasteiger charge is -2.21. The summed E-state index contributed by atoms with van der Waals surface area (Å²) in [5.41, 5.74) is 8.25. The van der Waals surface area contributed by atoms with Crippen molar-refractivity contribution in [1.82, 2.24) is 9.55 Å². The minimum absolute atomic E-state index is 0.127. The Kier molecular flexibility index (Phi) is 5.34. The van der Waals surface area contributed by atoms with Crippen LogP contribution in [0, 0.1) is 0 Å². The van der Waals surface area contributed by atoms with E-state index in [0.29, 0.717) is 20.8 Å². The number of aromatic nitrogens is 2. The number of carbonyl (C=O) groups excluding carboxylic acids is 1. The topological polar surface area (TPSA) is 55.2 Å². The highest BCUT2D eigenvalue weighted by Gasteiger charge is 2.24. The Labute approximate surface area is 221 Å². The molecular weight excluding hydrogens is 489 g/mol. The van der Waals surface area contributed by atoms with E-state index in [1.807, 2.05) is 36.5 Å². The number of hydrogen-bond acceptors (Lipinski definition) is 3. The van der Waals surface area contributed by atoms with Crippen LogP contribution in [-0.2, 0) is 11.2 Å². The van der Waals surface area contributed by atoms with Gasteiger partial charge in [0.2, 0.25) is 5.91 Å². The third kappa shape index (κ3) is 3.62. The zero-order chi connectivity index (χ0) is 25.8. The lowest BCUT2D eigenvalue weighted by molar-refractivity contribution is -0.114. The van der Waals surface area contributed by atoms with E-state index in [1.165, 1.54) is 17.2 Å². The highest BCUT2D eigenvalue weighted by Crippen LogP contribution is 2.41. The van der Waals surface area contributed by atoms with Crippen LogP contribution in [0.15, 0.2) is 114 Å². The lowest BCUT2D eigenvalue weighted by Crippen LogP contribution is -2.27. The summed E-state index contributed by atoms with van der Waals surface area (Å²) in [6.45, 7) is 4.26. The van der Waals surface area contributed by atoms with Crippen molar-refractivity contribution < 1.29 is 4.79 Å². The number of benzene rings is 2. The van der Waals surface area contributed by atoms with Gasteiger partial charge in [0.1, 0.15) is 0 Å². The van der Waals surface area contributed by atoms with Gasteiger partial charge in [0, 0.05) is 40.9 Å². The molecule has 184 valence electrons. The highest BCUT2D eigenvalue weighted by atomic mass is 31.1. The van der Waals surface area contributed by atoms with Gasteiger partial charge in [-0.1, -0.05) is 63.5 Å². The van der Waals surface area contributed by atoms with Crippen molar-refractivity contribution in [2.24, 2.45) is 0 Å². The van der Waals surface area contributed by atoms with Gasteiger partial charge in [0.25, 0.3) is 5.56 Å². The van der Waals surface area contributed by atoms with Crippen molar-refractivity contribution in [2.45, 2.75) is 12.1 Å². The Hall–Kier alpha value is -4.34. The summed E-state index contributed by atoms with van der Waals surface area (Å²) in [7, 11) is 0.688. The van der Waals surface area contributed by atoms with Crippen molar-refractivity contribution in [3.63, 3.8) is 0 Å². The van der Waals surface area contributed by atoms with Crippen LogP contribution in [0.25, 0.3) is 33.1 Å². The molecule has 2 aromatic carbocycles. The molecule has 7 rings (SSSR count). The summed E-state index contributed by atoms with van der Waals surface area (Å²) in [6.07, 6.45) is 14.9. The van der Waals surface area contributed by atoms with Gasteiger partial charge >= 0.3 is 0 Å². The molecule has 4 aromatic rings. The third-order valence-electron chi connectivity index (χ3n) is 7.52. The maximum atomic E-state index is 13.4. The Morgan fingerprint density at radius 1 is 1.11 bits per heavy atom. The van der Waals surface area contributed by atoms with E-state index in [4.69, 9.17) is 4.98 Å². The van der Waals surface area contributed by atoms with Crippen molar-refractivity contribution in [3.8, 4) is 5.69 Å².